The second kappa shape index (κ2) is 6.54. The Balaban J connectivity index is 1.84. The lowest BCUT2D eigenvalue weighted by atomic mass is 10.2. The molecule has 0 bridgehead atoms. The molecule has 0 saturated heterocycles. The predicted molar refractivity (Wildman–Crippen MR) is 73.3 cm³/mol. The Morgan fingerprint density at radius 1 is 1.21 bits per heavy atom. The molecule has 1 heterocycles. The van der Waals surface area contributed by atoms with Crippen molar-refractivity contribution < 1.29 is 9.53 Å². The number of ether oxygens (including phenoxy) is 1. The molecule has 2 rings (SSSR count). The van der Waals surface area contributed by atoms with E-state index in [2.05, 4.69) is 10.3 Å². The van der Waals surface area contributed by atoms with Crippen LogP contribution in [0.5, 0.6) is 5.75 Å². The first-order chi connectivity index (χ1) is 9.29. The number of carbonyl (C=O) groups is 1. The van der Waals surface area contributed by atoms with Gasteiger partial charge in [0.25, 0.3) is 5.91 Å². The lowest BCUT2D eigenvalue weighted by Crippen LogP contribution is -2.25. The van der Waals surface area contributed by atoms with Gasteiger partial charge in [0.15, 0.2) is 0 Å². The lowest BCUT2D eigenvalue weighted by molar-refractivity contribution is 0.0954. The Morgan fingerprint density at radius 3 is 2.63 bits per heavy atom. The van der Waals surface area contributed by atoms with Crippen molar-refractivity contribution in [3.63, 3.8) is 0 Å². The third kappa shape index (κ3) is 3.81. The highest BCUT2D eigenvalue weighted by molar-refractivity contribution is 5.94. The number of hydrogen-bond acceptors (Lipinski definition) is 3. The second-order valence-electron chi connectivity index (χ2n) is 4.06. The van der Waals surface area contributed by atoms with Crippen LogP contribution in [-0.2, 0) is 6.42 Å². The standard InChI is InChI=1S/C15H16N2O2/c1-19-14-7-5-12(6-8-14)15(18)17-11-9-13-4-2-3-10-16-13/h2-8,10H,9,11H2,1H3,(H,17,18). The monoisotopic (exact) mass is 256 g/mol. The highest BCUT2D eigenvalue weighted by Gasteiger charge is 2.04. The van der Waals surface area contributed by atoms with Crippen molar-refractivity contribution in [1.29, 1.82) is 0 Å². The largest absolute Gasteiger partial charge is 0.497 e. The maximum atomic E-state index is 11.9. The number of methoxy groups -OCH3 is 1. The second-order valence-corrected chi connectivity index (χ2v) is 4.06. The molecule has 4 nitrogen and oxygen atoms in total. The van der Waals surface area contributed by atoms with Gasteiger partial charge in [0.1, 0.15) is 5.75 Å². The van der Waals surface area contributed by atoms with E-state index in [-0.39, 0.29) is 5.91 Å². The number of nitrogens with zero attached hydrogens (tertiary/aromatic N) is 1. The molecule has 0 unspecified atom stereocenters. The summed E-state index contributed by atoms with van der Waals surface area (Å²) < 4.78 is 5.05. The number of carbonyl (C=O) groups excluding carboxylic acids is 1. The zero-order chi connectivity index (χ0) is 13.5. The van der Waals surface area contributed by atoms with E-state index in [4.69, 9.17) is 4.74 Å². The molecule has 0 saturated carbocycles. The fraction of sp³-hybridized carbons (Fsp3) is 0.200. The predicted octanol–water partition coefficient (Wildman–Crippen LogP) is 2.06. The van der Waals surface area contributed by atoms with Crippen molar-refractivity contribution in [1.82, 2.24) is 10.3 Å². The summed E-state index contributed by atoms with van der Waals surface area (Å²) in [5, 5.41) is 2.87. The van der Waals surface area contributed by atoms with Gasteiger partial charge in [-0.05, 0) is 36.4 Å². The van der Waals surface area contributed by atoms with Crippen molar-refractivity contribution in [2.75, 3.05) is 13.7 Å². The van der Waals surface area contributed by atoms with E-state index in [0.29, 0.717) is 12.1 Å². The molecule has 0 aliphatic carbocycles. The Kier molecular flexibility index (Phi) is 4.50. The topological polar surface area (TPSA) is 51.2 Å². The molecule has 0 aliphatic heterocycles. The maximum absolute atomic E-state index is 11.9. The van der Waals surface area contributed by atoms with Gasteiger partial charge in [0, 0.05) is 30.4 Å². The number of rotatable bonds is 5. The normalized spacial score (nSPS) is 9.95. The van der Waals surface area contributed by atoms with Crippen LogP contribution in [0.2, 0.25) is 0 Å². The average Bonchev–Trinajstić information content (AvgIpc) is 2.48. The van der Waals surface area contributed by atoms with Gasteiger partial charge in [-0.3, -0.25) is 9.78 Å². The molecule has 0 radical (unpaired) electrons. The third-order valence-corrected chi connectivity index (χ3v) is 2.75. The summed E-state index contributed by atoms with van der Waals surface area (Å²) >= 11 is 0. The lowest BCUT2D eigenvalue weighted by Gasteiger charge is -2.05. The van der Waals surface area contributed by atoms with Crippen LogP contribution < -0.4 is 10.1 Å². The Labute approximate surface area is 112 Å². The van der Waals surface area contributed by atoms with Crippen LogP contribution in [0.4, 0.5) is 0 Å². The number of benzene rings is 1. The van der Waals surface area contributed by atoms with E-state index in [1.807, 2.05) is 18.2 Å². The smallest absolute Gasteiger partial charge is 0.251 e. The Morgan fingerprint density at radius 2 is 2.00 bits per heavy atom. The fourth-order valence-electron chi connectivity index (χ4n) is 1.69. The van der Waals surface area contributed by atoms with E-state index in [0.717, 1.165) is 17.9 Å². The zero-order valence-electron chi connectivity index (χ0n) is 10.8. The molecule has 0 fully saturated rings. The van der Waals surface area contributed by atoms with Crippen LogP contribution in [0.3, 0.4) is 0 Å². The maximum Gasteiger partial charge on any atom is 0.251 e. The van der Waals surface area contributed by atoms with Gasteiger partial charge in [-0.2, -0.15) is 0 Å². The van der Waals surface area contributed by atoms with E-state index in [1.165, 1.54) is 0 Å². The molecule has 0 aliphatic rings. The molecule has 4 heteroatoms. The van der Waals surface area contributed by atoms with Crippen LogP contribution in [0.25, 0.3) is 0 Å². The van der Waals surface area contributed by atoms with E-state index < -0.39 is 0 Å². The van der Waals surface area contributed by atoms with E-state index in [9.17, 15) is 4.79 Å². The molecular formula is C15H16N2O2. The summed E-state index contributed by atoms with van der Waals surface area (Å²) in [6, 6.07) is 12.8. The minimum atomic E-state index is -0.0846. The molecule has 1 amide bonds. The van der Waals surface area contributed by atoms with Crippen LogP contribution in [-0.4, -0.2) is 24.5 Å². The molecule has 1 N–H and O–H groups in total. The van der Waals surface area contributed by atoms with Crippen molar-refractivity contribution in [2.45, 2.75) is 6.42 Å². The minimum absolute atomic E-state index is 0.0846. The summed E-state index contributed by atoms with van der Waals surface area (Å²) in [5.74, 6) is 0.656. The number of nitrogens with one attached hydrogen (secondary N) is 1. The first kappa shape index (κ1) is 13.1. The summed E-state index contributed by atoms with van der Waals surface area (Å²) in [6.07, 6.45) is 2.48. The van der Waals surface area contributed by atoms with E-state index >= 15 is 0 Å². The van der Waals surface area contributed by atoms with Crippen molar-refractivity contribution in [2.24, 2.45) is 0 Å². The molecule has 1 aromatic heterocycles. The molecule has 0 atom stereocenters. The highest BCUT2D eigenvalue weighted by atomic mass is 16.5. The highest BCUT2D eigenvalue weighted by Crippen LogP contribution is 2.10. The molecular weight excluding hydrogens is 240 g/mol. The van der Waals surface area contributed by atoms with Gasteiger partial charge >= 0.3 is 0 Å². The Hall–Kier alpha value is -2.36. The Bertz CT molecular complexity index is 524. The van der Waals surface area contributed by atoms with Crippen LogP contribution in [0, 0.1) is 0 Å². The zero-order valence-corrected chi connectivity index (χ0v) is 10.8. The van der Waals surface area contributed by atoms with Crippen LogP contribution in [0.15, 0.2) is 48.7 Å². The van der Waals surface area contributed by atoms with Gasteiger partial charge in [-0.1, -0.05) is 6.07 Å². The fourth-order valence-corrected chi connectivity index (χ4v) is 1.69. The number of hydrogen-bond donors (Lipinski definition) is 1. The van der Waals surface area contributed by atoms with Crippen molar-refractivity contribution in [3.8, 4) is 5.75 Å². The van der Waals surface area contributed by atoms with Gasteiger partial charge < -0.3 is 10.1 Å². The van der Waals surface area contributed by atoms with Gasteiger partial charge in [0.05, 0.1) is 7.11 Å². The average molecular weight is 256 g/mol. The molecule has 1 aromatic carbocycles. The molecule has 98 valence electrons. The number of aromatic nitrogens is 1. The van der Waals surface area contributed by atoms with Gasteiger partial charge in [0.2, 0.25) is 0 Å². The first-order valence-electron chi connectivity index (χ1n) is 6.12. The number of pyridine rings is 1. The number of amides is 1. The van der Waals surface area contributed by atoms with Crippen molar-refractivity contribution >= 4 is 5.91 Å². The summed E-state index contributed by atoms with van der Waals surface area (Å²) in [7, 11) is 1.60. The van der Waals surface area contributed by atoms with Crippen LogP contribution in [0.1, 0.15) is 16.1 Å². The first-order valence-corrected chi connectivity index (χ1v) is 6.12. The van der Waals surface area contributed by atoms with Gasteiger partial charge in [-0.15, -0.1) is 0 Å². The molecule has 2 aromatic rings. The minimum Gasteiger partial charge on any atom is -0.497 e. The summed E-state index contributed by atoms with van der Waals surface area (Å²) in [4.78, 5) is 16.1. The van der Waals surface area contributed by atoms with Crippen molar-refractivity contribution in [3.05, 3.63) is 59.9 Å². The quantitative estimate of drug-likeness (QED) is 0.891. The summed E-state index contributed by atoms with van der Waals surface area (Å²) in [5.41, 5.74) is 1.60. The molecule has 19 heavy (non-hydrogen) atoms. The summed E-state index contributed by atoms with van der Waals surface area (Å²) in [6.45, 7) is 0.571. The van der Waals surface area contributed by atoms with Gasteiger partial charge in [-0.25, -0.2) is 0 Å². The van der Waals surface area contributed by atoms with E-state index in [1.54, 1.807) is 37.6 Å². The van der Waals surface area contributed by atoms with Crippen LogP contribution >= 0.6 is 0 Å². The molecule has 0 spiro atoms. The third-order valence-electron chi connectivity index (χ3n) is 2.75. The SMILES string of the molecule is COc1ccc(C(=O)NCCc2ccccn2)cc1.